The third kappa shape index (κ3) is 4.50. The molecule has 2 aromatic carbocycles. The molecule has 1 heterocycles. The van der Waals surface area contributed by atoms with Crippen LogP contribution in [0.15, 0.2) is 42.5 Å². The van der Waals surface area contributed by atoms with Gasteiger partial charge in [-0.05, 0) is 43.2 Å². The number of likely N-dealkylation sites (tertiary alicyclic amines) is 1. The monoisotopic (exact) mass is 410 g/mol. The molecule has 7 heteroatoms. The molecule has 2 amide bonds. The first kappa shape index (κ1) is 19.0. The van der Waals surface area contributed by atoms with E-state index in [1.165, 1.54) is 0 Å². The van der Waals surface area contributed by atoms with Gasteiger partial charge in [-0.3, -0.25) is 9.59 Å². The molecule has 0 radical (unpaired) electrons. The van der Waals surface area contributed by atoms with Gasteiger partial charge in [-0.1, -0.05) is 46.9 Å². The van der Waals surface area contributed by atoms with Gasteiger partial charge in [0, 0.05) is 34.7 Å². The highest BCUT2D eigenvalue weighted by atomic mass is 35.5. The third-order valence-corrected chi connectivity index (χ3v) is 5.15. The molecule has 26 heavy (non-hydrogen) atoms. The van der Waals surface area contributed by atoms with E-state index in [0.29, 0.717) is 52.2 Å². The van der Waals surface area contributed by atoms with Crippen LogP contribution in [-0.2, 0) is 4.79 Å². The zero-order chi connectivity index (χ0) is 18.7. The number of hydrogen-bond acceptors (Lipinski definition) is 2. The second-order valence-electron chi connectivity index (χ2n) is 6.19. The van der Waals surface area contributed by atoms with Gasteiger partial charge in [-0.15, -0.1) is 0 Å². The fraction of sp³-hybridized carbons (Fsp3) is 0.263. The lowest BCUT2D eigenvalue weighted by atomic mass is 9.95. The maximum atomic E-state index is 12.6. The van der Waals surface area contributed by atoms with E-state index in [2.05, 4.69) is 5.32 Å². The second-order valence-corrected chi connectivity index (χ2v) is 7.47. The van der Waals surface area contributed by atoms with E-state index in [9.17, 15) is 9.59 Å². The Morgan fingerprint density at radius 1 is 0.962 bits per heavy atom. The molecule has 0 atom stereocenters. The zero-order valence-electron chi connectivity index (χ0n) is 13.8. The normalized spacial score (nSPS) is 15.0. The van der Waals surface area contributed by atoms with Gasteiger partial charge in [-0.25, -0.2) is 0 Å². The quantitative estimate of drug-likeness (QED) is 0.760. The van der Waals surface area contributed by atoms with E-state index in [1.54, 1.807) is 47.4 Å². The number of piperidine rings is 1. The van der Waals surface area contributed by atoms with Crippen LogP contribution in [0, 0.1) is 5.92 Å². The predicted molar refractivity (Wildman–Crippen MR) is 105 cm³/mol. The van der Waals surface area contributed by atoms with Gasteiger partial charge in [0.05, 0.1) is 10.6 Å². The molecule has 3 rings (SSSR count). The van der Waals surface area contributed by atoms with E-state index < -0.39 is 0 Å². The number of halogens is 3. The minimum atomic E-state index is -0.164. The number of carbonyl (C=O) groups excluding carboxylic acids is 2. The number of amides is 2. The standard InChI is InChI=1S/C19H17Cl3N2O2/c20-13-9-14(21)11-15(10-13)23-18(25)12-5-7-24(8-6-12)19(26)16-3-1-2-4-17(16)22/h1-4,9-12H,5-8H2,(H,23,25). The highest BCUT2D eigenvalue weighted by molar-refractivity contribution is 6.35. The van der Waals surface area contributed by atoms with Crippen LogP contribution < -0.4 is 5.32 Å². The second kappa shape index (κ2) is 8.30. The fourth-order valence-corrected chi connectivity index (χ4v) is 3.76. The predicted octanol–water partition coefficient (Wildman–Crippen LogP) is 5.14. The molecule has 136 valence electrons. The van der Waals surface area contributed by atoms with E-state index in [0.717, 1.165) is 0 Å². The summed E-state index contributed by atoms with van der Waals surface area (Å²) < 4.78 is 0. The number of rotatable bonds is 3. The van der Waals surface area contributed by atoms with Crippen LogP contribution in [0.2, 0.25) is 15.1 Å². The van der Waals surface area contributed by atoms with Crippen molar-refractivity contribution >= 4 is 52.3 Å². The Morgan fingerprint density at radius 3 is 2.19 bits per heavy atom. The summed E-state index contributed by atoms with van der Waals surface area (Å²) in [7, 11) is 0. The Hall–Kier alpha value is -1.75. The molecule has 0 aromatic heterocycles. The molecule has 1 saturated heterocycles. The van der Waals surface area contributed by atoms with E-state index in [-0.39, 0.29) is 17.7 Å². The minimum Gasteiger partial charge on any atom is -0.339 e. The van der Waals surface area contributed by atoms with Crippen LogP contribution in [-0.4, -0.2) is 29.8 Å². The summed E-state index contributed by atoms with van der Waals surface area (Å²) in [6.07, 6.45) is 1.19. The molecule has 4 nitrogen and oxygen atoms in total. The topological polar surface area (TPSA) is 49.4 Å². The Kier molecular flexibility index (Phi) is 6.07. The summed E-state index contributed by atoms with van der Waals surface area (Å²) in [6.45, 7) is 1.02. The number of carbonyl (C=O) groups is 2. The molecule has 0 unspecified atom stereocenters. The van der Waals surface area contributed by atoms with Crippen LogP contribution in [0.1, 0.15) is 23.2 Å². The average molecular weight is 412 g/mol. The van der Waals surface area contributed by atoms with Gasteiger partial charge >= 0.3 is 0 Å². The third-order valence-electron chi connectivity index (χ3n) is 4.39. The summed E-state index contributed by atoms with van der Waals surface area (Å²) in [5, 5.41) is 4.22. The van der Waals surface area contributed by atoms with E-state index >= 15 is 0 Å². The Morgan fingerprint density at radius 2 is 1.58 bits per heavy atom. The van der Waals surface area contributed by atoms with Crippen molar-refractivity contribution in [3.8, 4) is 0 Å². The number of hydrogen-bond donors (Lipinski definition) is 1. The van der Waals surface area contributed by atoms with Crippen molar-refractivity contribution in [3.63, 3.8) is 0 Å². The Labute approximate surface area is 167 Å². The molecule has 0 aliphatic carbocycles. The van der Waals surface area contributed by atoms with Crippen LogP contribution >= 0.6 is 34.8 Å². The largest absolute Gasteiger partial charge is 0.339 e. The first-order chi connectivity index (χ1) is 12.4. The zero-order valence-corrected chi connectivity index (χ0v) is 16.1. The minimum absolute atomic E-state index is 0.0897. The summed E-state index contributed by atoms with van der Waals surface area (Å²) in [5.74, 6) is -0.354. The highest BCUT2D eigenvalue weighted by Crippen LogP contribution is 2.26. The highest BCUT2D eigenvalue weighted by Gasteiger charge is 2.28. The molecule has 1 fully saturated rings. The van der Waals surface area contributed by atoms with Gasteiger partial charge < -0.3 is 10.2 Å². The number of nitrogens with one attached hydrogen (secondary N) is 1. The lowest BCUT2D eigenvalue weighted by Crippen LogP contribution is -2.41. The van der Waals surface area contributed by atoms with Gasteiger partial charge in [-0.2, -0.15) is 0 Å². The van der Waals surface area contributed by atoms with Gasteiger partial charge in [0.25, 0.3) is 5.91 Å². The summed E-state index contributed by atoms with van der Waals surface area (Å²) in [5.41, 5.74) is 1.06. The Bertz CT molecular complexity index is 813. The van der Waals surface area contributed by atoms with Crippen LogP contribution in [0.25, 0.3) is 0 Å². The summed E-state index contributed by atoms with van der Waals surface area (Å²) >= 11 is 18.0. The van der Waals surface area contributed by atoms with Crippen LogP contribution in [0.5, 0.6) is 0 Å². The van der Waals surface area contributed by atoms with Crippen molar-refractivity contribution in [1.29, 1.82) is 0 Å². The first-order valence-corrected chi connectivity index (χ1v) is 9.38. The molecule has 1 aliphatic rings. The van der Waals surface area contributed by atoms with Crippen molar-refractivity contribution in [2.45, 2.75) is 12.8 Å². The molecule has 1 N–H and O–H groups in total. The SMILES string of the molecule is O=C(Nc1cc(Cl)cc(Cl)c1)C1CCN(C(=O)c2ccccc2Cl)CC1. The molecule has 1 aliphatic heterocycles. The fourth-order valence-electron chi connectivity index (χ4n) is 3.02. The van der Waals surface area contributed by atoms with E-state index in [1.807, 2.05) is 0 Å². The summed E-state index contributed by atoms with van der Waals surface area (Å²) in [6, 6.07) is 11.9. The molecule has 0 spiro atoms. The molecule has 0 saturated carbocycles. The van der Waals surface area contributed by atoms with Gasteiger partial charge in [0.2, 0.25) is 5.91 Å². The number of anilines is 1. The average Bonchev–Trinajstić information content (AvgIpc) is 2.61. The maximum Gasteiger partial charge on any atom is 0.255 e. The lowest BCUT2D eigenvalue weighted by Gasteiger charge is -2.31. The van der Waals surface area contributed by atoms with Crippen LogP contribution in [0.4, 0.5) is 5.69 Å². The molecular formula is C19H17Cl3N2O2. The van der Waals surface area contributed by atoms with Crippen molar-refractivity contribution in [2.75, 3.05) is 18.4 Å². The van der Waals surface area contributed by atoms with Gasteiger partial charge in [0.1, 0.15) is 0 Å². The first-order valence-electron chi connectivity index (χ1n) is 8.25. The molecule has 0 bridgehead atoms. The molecular weight excluding hydrogens is 395 g/mol. The smallest absolute Gasteiger partial charge is 0.255 e. The van der Waals surface area contributed by atoms with Gasteiger partial charge in [0.15, 0.2) is 0 Å². The van der Waals surface area contributed by atoms with Crippen molar-refractivity contribution in [2.24, 2.45) is 5.92 Å². The molecule has 2 aromatic rings. The summed E-state index contributed by atoms with van der Waals surface area (Å²) in [4.78, 5) is 26.8. The number of nitrogens with zero attached hydrogens (tertiary/aromatic N) is 1. The maximum absolute atomic E-state index is 12.6. The van der Waals surface area contributed by atoms with E-state index in [4.69, 9.17) is 34.8 Å². The lowest BCUT2D eigenvalue weighted by molar-refractivity contribution is -0.121. The van der Waals surface area contributed by atoms with Crippen LogP contribution in [0.3, 0.4) is 0 Å². The van der Waals surface area contributed by atoms with Crippen molar-refractivity contribution in [3.05, 3.63) is 63.1 Å². The van der Waals surface area contributed by atoms with Crippen molar-refractivity contribution < 1.29 is 9.59 Å². The number of benzene rings is 2. The Balaban J connectivity index is 1.58. The van der Waals surface area contributed by atoms with Crippen molar-refractivity contribution in [1.82, 2.24) is 4.90 Å².